The summed E-state index contributed by atoms with van der Waals surface area (Å²) in [6.45, 7) is 3.03. The van der Waals surface area contributed by atoms with Crippen LogP contribution in [0.15, 0.2) is 53.8 Å². The minimum atomic E-state index is 0.799. The third-order valence-corrected chi connectivity index (χ3v) is 3.72. The second-order valence-corrected chi connectivity index (χ2v) is 5.81. The van der Waals surface area contributed by atoms with Gasteiger partial charge in [-0.1, -0.05) is 32.6 Å². The molecule has 0 bridgehead atoms. The van der Waals surface area contributed by atoms with Gasteiger partial charge in [-0.05, 0) is 30.7 Å². The first-order valence-electron chi connectivity index (χ1n) is 8.50. The molecule has 0 radical (unpaired) electrons. The van der Waals surface area contributed by atoms with Crippen LogP contribution in [0.5, 0.6) is 5.75 Å². The zero-order valence-electron chi connectivity index (χ0n) is 14.2. The van der Waals surface area contributed by atoms with E-state index >= 15 is 0 Å². The number of hydrogen-bond donors (Lipinski definition) is 0. The smallest absolute Gasteiger partial charge is 0.169 e. The molecule has 0 aliphatic carbocycles. The molecule has 2 aromatic rings. The minimum Gasteiger partial charge on any atom is -0.494 e. The highest BCUT2D eigenvalue weighted by atomic mass is 16.5. The van der Waals surface area contributed by atoms with Crippen LogP contribution < -0.4 is 9.30 Å². The van der Waals surface area contributed by atoms with Gasteiger partial charge in [0, 0.05) is 23.9 Å². The monoisotopic (exact) mass is 311 g/mol. The molecule has 0 spiro atoms. The Balaban J connectivity index is 1.76. The first-order valence-corrected chi connectivity index (χ1v) is 8.50. The number of aliphatic imine (C=N–C) groups is 1. The molecular formula is C20H27N2O+. The molecule has 3 nitrogen and oxygen atoms in total. The van der Waals surface area contributed by atoms with Gasteiger partial charge in [-0.15, -0.1) is 0 Å². The van der Waals surface area contributed by atoms with Crippen LogP contribution in [0.4, 0.5) is 5.69 Å². The maximum atomic E-state index is 5.76. The third-order valence-electron chi connectivity index (χ3n) is 3.72. The third kappa shape index (κ3) is 6.64. The van der Waals surface area contributed by atoms with E-state index in [4.69, 9.17) is 4.74 Å². The van der Waals surface area contributed by atoms with E-state index in [1.165, 1.54) is 25.7 Å². The Morgan fingerprint density at radius 3 is 2.35 bits per heavy atom. The highest BCUT2D eigenvalue weighted by molar-refractivity contribution is 5.81. The summed E-state index contributed by atoms with van der Waals surface area (Å²) in [4.78, 5) is 4.49. The van der Waals surface area contributed by atoms with E-state index in [9.17, 15) is 0 Å². The van der Waals surface area contributed by atoms with Crippen LogP contribution >= 0.6 is 0 Å². The van der Waals surface area contributed by atoms with Crippen LogP contribution in [0.25, 0.3) is 0 Å². The van der Waals surface area contributed by atoms with Gasteiger partial charge in [0.25, 0.3) is 0 Å². The fraction of sp³-hybridized carbons (Fsp3) is 0.400. The molecule has 0 saturated carbocycles. The van der Waals surface area contributed by atoms with E-state index in [1.54, 1.807) is 0 Å². The van der Waals surface area contributed by atoms with Gasteiger partial charge < -0.3 is 4.74 Å². The van der Waals surface area contributed by atoms with Gasteiger partial charge in [-0.2, -0.15) is 0 Å². The fourth-order valence-corrected chi connectivity index (χ4v) is 2.27. The Hall–Kier alpha value is -2.16. The lowest BCUT2D eigenvalue weighted by molar-refractivity contribution is -0.671. The predicted molar refractivity (Wildman–Crippen MR) is 95.6 cm³/mol. The van der Waals surface area contributed by atoms with E-state index in [-0.39, 0.29) is 0 Å². The number of benzene rings is 1. The molecule has 0 aliphatic heterocycles. The van der Waals surface area contributed by atoms with Gasteiger partial charge >= 0.3 is 0 Å². The van der Waals surface area contributed by atoms with E-state index in [1.807, 2.05) is 66.6 Å². The average Bonchev–Trinajstić information content (AvgIpc) is 2.58. The van der Waals surface area contributed by atoms with E-state index in [0.29, 0.717) is 0 Å². The molecule has 0 aliphatic rings. The molecule has 3 heteroatoms. The first kappa shape index (κ1) is 17.2. The molecule has 23 heavy (non-hydrogen) atoms. The van der Waals surface area contributed by atoms with Crippen molar-refractivity contribution in [3.63, 3.8) is 0 Å². The predicted octanol–water partition coefficient (Wildman–Crippen LogP) is 4.61. The highest BCUT2D eigenvalue weighted by Crippen LogP contribution is 2.18. The SMILES string of the molecule is CCCCCCCOc1ccc(N=Cc2cc[n+](C)cc2)cc1. The number of aromatic nitrogens is 1. The van der Waals surface area contributed by atoms with Crippen molar-refractivity contribution < 1.29 is 9.30 Å². The number of ether oxygens (including phenoxy) is 1. The minimum absolute atomic E-state index is 0.799. The maximum Gasteiger partial charge on any atom is 0.169 e. The zero-order chi connectivity index (χ0) is 16.3. The van der Waals surface area contributed by atoms with Crippen LogP contribution in [0, 0.1) is 0 Å². The van der Waals surface area contributed by atoms with Crippen molar-refractivity contribution >= 4 is 11.9 Å². The number of nitrogens with zero attached hydrogens (tertiary/aromatic N) is 2. The molecule has 0 N–H and O–H groups in total. The van der Waals surface area contributed by atoms with Crippen molar-refractivity contribution in [2.45, 2.75) is 39.0 Å². The molecular weight excluding hydrogens is 284 g/mol. The van der Waals surface area contributed by atoms with Gasteiger partial charge in [0.2, 0.25) is 0 Å². The van der Waals surface area contributed by atoms with Gasteiger partial charge in [0.15, 0.2) is 12.4 Å². The Kier molecular flexibility index (Phi) is 7.31. The Morgan fingerprint density at radius 2 is 1.65 bits per heavy atom. The Labute approximate surface area is 139 Å². The lowest BCUT2D eigenvalue weighted by atomic mass is 10.2. The van der Waals surface area contributed by atoms with E-state index in [2.05, 4.69) is 11.9 Å². The van der Waals surface area contributed by atoms with Crippen LogP contribution in [-0.2, 0) is 7.05 Å². The fourth-order valence-electron chi connectivity index (χ4n) is 2.27. The van der Waals surface area contributed by atoms with Gasteiger partial charge in [-0.3, -0.25) is 4.99 Å². The number of unbranched alkanes of at least 4 members (excludes halogenated alkanes) is 4. The highest BCUT2D eigenvalue weighted by Gasteiger charge is 1.96. The van der Waals surface area contributed by atoms with E-state index < -0.39 is 0 Å². The van der Waals surface area contributed by atoms with Crippen molar-refractivity contribution in [3.8, 4) is 5.75 Å². The number of rotatable bonds is 9. The molecule has 0 fully saturated rings. The topological polar surface area (TPSA) is 25.5 Å². The van der Waals surface area contributed by atoms with Gasteiger partial charge in [0.1, 0.15) is 12.8 Å². The summed E-state index contributed by atoms with van der Waals surface area (Å²) < 4.78 is 7.77. The summed E-state index contributed by atoms with van der Waals surface area (Å²) in [6.07, 6.45) is 12.2. The molecule has 1 aromatic heterocycles. The summed E-state index contributed by atoms with van der Waals surface area (Å²) in [5.41, 5.74) is 2.03. The van der Waals surface area contributed by atoms with Crippen LogP contribution in [0.1, 0.15) is 44.6 Å². The van der Waals surface area contributed by atoms with Crippen molar-refractivity contribution in [2.24, 2.45) is 12.0 Å². The number of pyridine rings is 1. The average molecular weight is 311 g/mol. The van der Waals surface area contributed by atoms with Crippen LogP contribution in [-0.4, -0.2) is 12.8 Å². The molecule has 0 unspecified atom stereocenters. The number of aryl methyl sites for hydroxylation is 1. The van der Waals surface area contributed by atoms with Gasteiger partial charge in [0.05, 0.1) is 12.3 Å². The van der Waals surface area contributed by atoms with Crippen molar-refractivity contribution in [2.75, 3.05) is 6.61 Å². The van der Waals surface area contributed by atoms with E-state index in [0.717, 1.165) is 30.0 Å². The summed E-state index contributed by atoms with van der Waals surface area (Å²) >= 11 is 0. The quantitative estimate of drug-likeness (QED) is 0.377. The van der Waals surface area contributed by atoms with Gasteiger partial charge in [-0.25, -0.2) is 4.57 Å². The second kappa shape index (κ2) is 9.78. The van der Waals surface area contributed by atoms with Crippen LogP contribution in [0.2, 0.25) is 0 Å². The standard InChI is InChI=1S/C20H27N2O/c1-3-4-5-6-7-16-23-20-10-8-19(9-11-20)21-17-18-12-14-22(2)15-13-18/h8-15,17H,3-7,16H2,1-2H3/q+1. The number of hydrogen-bond acceptors (Lipinski definition) is 2. The zero-order valence-corrected chi connectivity index (χ0v) is 14.2. The molecule has 1 heterocycles. The molecule has 2 rings (SSSR count). The molecule has 122 valence electrons. The maximum absolute atomic E-state index is 5.76. The molecule has 0 saturated heterocycles. The molecule has 1 aromatic carbocycles. The summed E-state index contributed by atoms with van der Waals surface area (Å²) in [5, 5.41) is 0. The second-order valence-electron chi connectivity index (χ2n) is 5.81. The summed E-state index contributed by atoms with van der Waals surface area (Å²) in [5.74, 6) is 0.922. The molecule has 0 atom stereocenters. The Morgan fingerprint density at radius 1 is 0.957 bits per heavy atom. The van der Waals surface area contributed by atoms with Crippen molar-refractivity contribution in [3.05, 3.63) is 54.4 Å². The lowest BCUT2D eigenvalue weighted by Gasteiger charge is -2.06. The van der Waals surface area contributed by atoms with Crippen molar-refractivity contribution in [1.82, 2.24) is 0 Å². The normalized spacial score (nSPS) is 11.0. The summed E-state index contributed by atoms with van der Waals surface area (Å²) in [7, 11) is 2.00. The van der Waals surface area contributed by atoms with Crippen molar-refractivity contribution in [1.29, 1.82) is 0 Å². The largest absolute Gasteiger partial charge is 0.494 e. The Bertz CT molecular complexity index is 588. The van der Waals surface area contributed by atoms with Crippen LogP contribution in [0.3, 0.4) is 0 Å². The molecule has 0 amide bonds. The summed E-state index contributed by atoms with van der Waals surface area (Å²) in [6, 6.07) is 12.0. The first-order chi connectivity index (χ1) is 11.3. The lowest BCUT2D eigenvalue weighted by Crippen LogP contribution is -2.25.